The van der Waals surface area contributed by atoms with Crippen molar-refractivity contribution < 1.29 is 32.2 Å². The number of benzene rings is 2. The Bertz CT molecular complexity index is 1340. The molecule has 1 N–H and O–H groups in total. The molecule has 1 saturated carbocycles. The minimum absolute atomic E-state index is 0.0746. The maximum absolute atomic E-state index is 12.9. The quantitative estimate of drug-likeness (QED) is 0.335. The van der Waals surface area contributed by atoms with Crippen molar-refractivity contribution in [1.29, 1.82) is 0 Å². The summed E-state index contributed by atoms with van der Waals surface area (Å²) in [5.41, 5.74) is 0.821. The van der Waals surface area contributed by atoms with Crippen LogP contribution in [0.1, 0.15) is 61.9 Å². The number of halogens is 3. The summed E-state index contributed by atoms with van der Waals surface area (Å²) in [6.45, 7) is 5.48. The van der Waals surface area contributed by atoms with Gasteiger partial charge >= 0.3 is 12.1 Å². The fourth-order valence-electron chi connectivity index (χ4n) is 4.01. The van der Waals surface area contributed by atoms with E-state index < -0.39 is 23.3 Å². The van der Waals surface area contributed by atoms with E-state index in [0.717, 1.165) is 36.2 Å². The van der Waals surface area contributed by atoms with E-state index >= 15 is 0 Å². The number of carbonyl (C=O) groups excluding carboxylic acids is 2. The van der Waals surface area contributed by atoms with E-state index in [0.29, 0.717) is 22.7 Å². The van der Waals surface area contributed by atoms with Crippen LogP contribution in [0.4, 0.5) is 13.2 Å². The topological polar surface area (TPSA) is 90.4 Å². The van der Waals surface area contributed by atoms with Gasteiger partial charge in [0.1, 0.15) is 5.75 Å². The number of ether oxygens (including phenoxy) is 2. The van der Waals surface area contributed by atoms with Gasteiger partial charge < -0.3 is 14.8 Å². The number of esters is 1. The van der Waals surface area contributed by atoms with Gasteiger partial charge in [0, 0.05) is 29.8 Å². The summed E-state index contributed by atoms with van der Waals surface area (Å²) in [5.74, 6) is 0.323. The van der Waals surface area contributed by atoms with Crippen molar-refractivity contribution in [3.8, 4) is 17.1 Å². The van der Waals surface area contributed by atoms with Crippen LogP contribution in [0.3, 0.4) is 0 Å². The lowest BCUT2D eigenvalue weighted by Crippen LogP contribution is -2.39. The second-order valence-corrected chi connectivity index (χ2v) is 9.89. The van der Waals surface area contributed by atoms with Crippen molar-refractivity contribution in [3.63, 3.8) is 0 Å². The molecule has 0 saturated heterocycles. The van der Waals surface area contributed by atoms with Gasteiger partial charge in [0.05, 0.1) is 24.3 Å². The van der Waals surface area contributed by atoms with Crippen LogP contribution in [0.25, 0.3) is 11.4 Å². The number of amides is 1. The highest BCUT2D eigenvalue weighted by molar-refractivity contribution is 5.79. The molecule has 1 fully saturated rings. The Balaban J connectivity index is 1.40. The van der Waals surface area contributed by atoms with Gasteiger partial charge in [-0.05, 0) is 63.4 Å². The zero-order valence-corrected chi connectivity index (χ0v) is 22.0. The van der Waals surface area contributed by atoms with Gasteiger partial charge in [-0.15, -0.1) is 0 Å². The van der Waals surface area contributed by atoms with Crippen molar-refractivity contribution in [2.45, 2.75) is 64.3 Å². The van der Waals surface area contributed by atoms with Gasteiger partial charge in [0.25, 0.3) is 0 Å². The van der Waals surface area contributed by atoms with E-state index in [9.17, 15) is 22.8 Å². The second-order valence-electron chi connectivity index (χ2n) is 9.89. The zero-order chi connectivity index (χ0) is 28.2. The van der Waals surface area contributed by atoms with Crippen LogP contribution in [-0.2, 0) is 33.5 Å². The Morgan fingerprint density at radius 1 is 1.08 bits per heavy atom. The molecule has 39 heavy (non-hydrogen) atoms. The number of nitrogens with zero attached hydrogens (tertiary/aromatic N) is 2. The van der Waals surface area contributed by atoms with Gasteiger partial charge in [0.2, 0.25) is 5.91 Å². The first-order chi connectivity index (χ1) is 18.5. The number of nitrogens with one attached hydrogen (secondary N) is 1. The lowest BCUT2D eigenvalue weighted by atomic mass is 10.1. The Kier molecular flexibility index (Phi) is 8.22. The van der Waals surface area contributed by atoms with Crippen molar-refractivity contribution in [3.05, 3.63) is 77.1 Å². The molecule has 1 amide bonds. The zero-order valence-electron chi connectivity index (χ0n) is 22.0. The van der Waals surface area contributed by atoms with Crippen LogP contribution < -0.4 is 10.1 Å². The average molecular weight is 542 g/mol. The van der Waals surface area contributed by atoms with Gasteiger partial charge in [-0.1, -0.05) is 24.3 Å². The average Bonchev–Trinajstić information content (AvgIpc) is 3.73. The standard InChI is InChI=1S/C29H30F3N3O4/c1-4-38-27(37)28(2,3)39-23-7-5-6-18(14-23)16-33-24(36)15-21-17-34-26(35-25(21)19-8-9-19)20-10-12-22(13-11-20)29(30,31)32/h5-7,10-14,17,19H,4,8-9,15-16H2,1-3H3,(H,33,36). The number of aromatic nitrogens is 2. The smallest absolute Gasteiger partial charge is 0.416 e. The van der Waals surface area contributed by atoms with Crippen LogP contribution in [0.2, 0.25) is 0 Å². The molecule has 4 rings (SSSR count). The van der Waals surface area contributed by atoms with E-state index in [-0.39, 0.29) is 31.4 Å². The normalized spacial score (nSPS) is 13.6. The summed E-state index contributed by atoms with van der Waals surface area (Å²) in [7, 11) is 0. The Morgan fingerprint density at radius 2 is 1.79 bits per heavy atom. The molecule has 0 radical (unpaired) electrons. The van der Waals surface area contributed by atoms with Crippen LogP contribution in [0, 0.1) is 0 Å². The van der Waals surface area contributed by atoms with Gasteiger partial charge in [-0.25, -0.2) is 14.8 Å². The summed E-state index contributed by atoms with van der Waals surface area (Å²) in [6.07, 6.45) is -0.881. The monoisotopic (exact) mass is 541 g/mol. The van der Waals surface area contributed by atoms with Gasteiger partial charge in [0.15, 0.2) is 11.4 Å². The minimum atomic E-state index is -4.41. The highest BCUT2D eigenvalue weighted by Gasteiger charge is 2.32. The van der Waals surface area contributed by atoms with Crippen LogP contribution in [0.5, 0.6) is 5.75 Å². The molecule has 1 aliphatic carbocycles. The molecular weight excluding hydrogens is 511 g/mol. The third kappa shape index (κ3) is 7.34. The summed E-state index contributed by atoms with van der Waals surface area (Å²) in [4.78, 5) is 33.8. The third-order valence-corrected chi connectivity index (χ3v) is 6.21. The minimum Gasteiger partial charge on any atom is -0.476 e. The maximum atomic E-state index is 12.9. The molecule has 1 aliphatic rings. The highest BCUT2D eigenvalue weighted by Crippen LogP contribution is 2.41. The van der Waals surface area contributed by atoms with E-state index in [4.69, 9.17) is 9.47 Å². The number of carbonyl (C=O) groups is 2. The summed E-state index contributed by atoms with van der Waals surface area (Å²) >= 11 is 0. The molecular formula is C29H30F3N3O4. The predicted octanol–water partition coefficient (Wildman–Crippen LogP) is 5.62. The molecule has 1 aromatic heterocycles. The lowest BCUT2D eigenvalue weighted by molar-refractivity contribution is -0.158. The first-order valence-electron chi connectivity index (χ1n) is 12.7. The van der Waals surface area contributed by atoms with E-state index in [2.05, 4.69) is 15.3 Å². The van der Waals surface area contributed by atoms with Crippen LogP contribution in [0.15, 0.2) is 54.7 Å². The van der Waals surface area contributed by atoms with Crippen molar-refractivity contribution in [2.24, 2.45) is 0 Å². The molecule has 206 valence electrons. The van der Waals surface area contributed by atoms with E-state index in [1.807, 2.05) is 6.07 Å². The predicted molar refractivity (Wildman–Crippen MR) is 138 cm³/mol. The molecule has 7 nitrogen and oxygen atoms in total. The fourth-order valence-corrected chi connectivity index (χ4v) is 4.01. The molecule has 0 atom stereocenters. The SMILES string of the molecule is CCOC(=O)C(C)(C)Oc1cccc(CNC(=O)Cc2cnc(-c3ccc(C(F)(F)F)cc3)nc2C2CC2)c1. The molecule has 1 heterocycles. The molecule has 10 heteroatoms. The van der Waals surface area contributed by atoms with Crippen LogP contribution >= 0.6 is 0 Å². The Morgan fingerprint density at radius 3 is 2.44 bits per heavy atom. The highest BCUT2D eigenvalue weighted by atomic mass is 19.4. The van der Waals surface area contributed by atoms with E-state index in [1.165, 1.54) is 12.1 Å². The maximum Gasteiger partial charge on any atom is 0.416 e. The Labute approximate surface area is 224 Å². The fraction of sp³-hybridized carbons (Fsp3) is 0.379. The number of alkyl halides is 3. The Hall–Kier alpha value is -3.95. The summed E-state index contributed by atoms with van der Waals surface area (Å²) in [6, 6.07) is 11.8. The first kappa shape index (κ1) is 28.1. The molecule has 3 aromatic rings. The molecule has 0 unspecified atom stereocenters. The summed E-state index contributed by atoms with van der Waals surface area (Å²) < 4.78 is 49.6. The number of hydrogen-bond donors (Lipinski definition) is 1. The lowest BCUT2D eigenvalue weighted by Gasteiger charge is -2.24. The first-order valence-corrected chi connectivity index (χ1v) is 12.7. The summed E-state index contributed by atoms with van der Waals surface area (Å²) in [5, 5.41) is 2.89. The van der Waals surface area contributed by atoms with Crippen molar-refractivity contribution in [2.75, 3.05) is 6.61 Å². The van der Waals surface area contributed by atoms with Crippen molar-refractivity contribution >= 4 is 11.9 Å². The third-order valence-electron chi connectivity index (χ3n) is 6.21. The van der Waals surface area contributed by atoms with E-state index in [1.54, 1.807) is 45.2 Å². The largest absolute Gasteiger partial charge is 0.476 e. The number of hydrogen-bond acceptors (Lipinski definition) is 6. The van der Waals surface area contributed by atoms with Gasteiger partial charge in [-0.3, -0.25) is 4.79 Å². The molecule has 0 bridgehead atoms. The molecule has 0 spiro atoms. The van der Waals surface area contributed by atoms with Gasteiger partial charge in [-0.2, -0.15) is 13.2 Å². The van der Waals surface area contributed by atoms with Crippen LogP contribution in [-0.4, -0.2) is 34.1 Å². The van der Waals surface area contributed by atoms with Crippen molar-refractivity contribution in [1.82, 2.24) is 15.3 Å². The second kappa shape index (κ2) is 11.4. The molecule has 2 aromatic carbocycles. The molecule has 0 aliphatic heterocycles. The number of rotatable bonds is 10.